The van der Waals surface area contributed by atoms with Crippen molar-refractivity contribution < 1.29 is 5.11 Å². The van der Waals surface area contributed by atoms with Crippen molar-refractivity contribution in [3.63, 3.8) is 0 Å². The van der Waals surface area contributed by atoms with Crippen molar-refractivity contribution >= 4 is 0 Å². The quantitative estimate of drug-likeness (QED) is 0.855. The van der Waals surface area contributed by atoms with Gasteiger partial charge in [-0.3, -0.25) is 0 Å². The third kappa shape index (κ3) is 2.32. The second-order valence-electron chi connectivity index (χ2n) is 6.56. The second kappa shape index (κ2) is 4.92. The van der Waals surface area contributed by atoms with Gasteiger partial charge in [-0.2, -0.15) is 0 Å². The van der Waals surface area contributed by atoms with E-state index in [9.17, 15) is 5.11 Å². The Bertz CT molecular complexity index is 447. The molecule has 1 saturated carbocycles. The van der Waals surface area contributed by atoms with Crippen LogP contribution in [0.5, 0.6) is 0 Å². The number of aliphatic hydroxyl groups is 1. The highest BCUT2D eigenvalue weighted by Crippen LogP contribution is 2.39. The zero-order valence-corrected chi connectivity index (χ0v) is 12.2. The summed E-state index contributed by atoms with van der Waals surface area (Å²) in [4.78, 5) is 0. The lowest BCUT2D eigenvalue weighted by Gasteiger charge is -2.24. The molecule has 2 aliphatic rings. The highest BCUT2D eigenvalue weighted by atomic mass is 16.3. The molecule has 1 aliphatic heterocycles. The first-order valence-corrected chi connectivity index (χ1v) is 7.58. The summed E-state index contributed by atoms with van der Waals surface area (Å²) < 4.78 is 0. The molecule has 0 amide bonds. The summed E-state index contributed by atoms with van der Waals surface area (Å²) in [6.45, 7) is 6.36. The van der Waals surface area contributed by atoms with Gasteiger partial charge >= 0.3 is 0 Å². The molecule has 0 aromatic heterocycles. The maximum Gasteiger partial charge on any atom is 0.0948 e. The number of aryl methyl sites for hydroxylation is 3. The molecule has 2 N–H and O–H groups in total. The molecule has 1 aliphatic carbocycles. The molecule has 1 heterocycles. The van der Waals surface area contributed by atoms with E-state index in [1.807, 2.05) is 0 Å². The lowest BCUT2D eigenvalue weighted by Crippen LogP contribution is -2.34. The van der Waals surface area contributed by atoms with E-state index >= 15 is 0 Å². The topological polar surface area (TPSA) is 32.3 Å². The van der Waals surface area contributed by atoms with Crippen molar-refractivity contribution in [3.05, 3.63) is 34.4 Å². The second-order valence-corrected chi connectivity index (χ2v) is 6.56. The summed E-state index contributed by atoms with van der Waals surface area (Å²) in [5.41, 5.74) is 4.87. The van der Waals surface area contributed by atoms with Crippen LogP contribution in [-0.2, 0) is 0 Å². The SMILES string of the molecule is Cc1cc(C)c([C@H](O)[C@H]2C[C@H]3CCC[C@H]3N2)c(C)c1. The van der Waals surface area contributed by atoms with Gasteiger partial charge in [-0.05, 0) is 62.6 Å². The van der Waals surface area contributed by atoms with Gasteiger partial charge in [0.25, 0.3) is 0 Å². The zero-order chi connectivity index (χ0) is 13.6. The molecular formula is C17H25NO. The summed E-state index contributed by atoms with van der Waals surface area (Å²) in [6.07, 6.45) is 4.77. The number of rotatable bonds is 2. The van der Waals surface area contributed by atoms with E-state index in [0.29, 0.717) is 6.04 Å². The number of hydrogen-bond donors (Lipinski definition) is 2. The first-order valence-electron chi connectivity index (χ1n) is 7.58. The lowest BCUT2D eigenvalue weighted by atomic mass is 9.90. The Labute approximate surface area is 116 Å². The maximum atomic E-state index is 10.8. The van der Waals surface area contributed by atoms with E-state index in [1.54, 1.807) is 0 Å². The van der Waals surface area contributed by atoms with Crippen LogP contribution in [0.2, 0.25) is 0 Å². The van der Waals surface area contributed by atoms with E-state index in [1.165, 1.54) is 36.0 Å². The van der Waals surface area contributed by atoms with Crippen molar-refractivity contribution in [1.29, 1.82) is 0 Å². The highest BCUT2D eigenvalue weighted by Gasteiger charge is 2.40. The molecule has 19 heavy (non-hydrogen) atoms. The standard InChI is InChI=1S/C17H25NO/c1-10-7-11(2)16(12(3)8-10)17(19)15-9-13-5-4-6-14(13)18-15/h7-8,13-15,17-19H,4-6,9H2,1-3H3/t13-,14-,15-,17-/m1/s1. The van der Waals surface area contributed by atoms with Gasteiger partial charge in [0.15, 0.2) is 0 Å². The third-order valence-corrected chi connectivity index (χ3v) is 5.06. The molecular weight excluding hydrogens is 234 g/mol. The molecule has 4 atom stereocenters. The van der Waals surface area contributed by atoms with Gasteiger partial charge in [0.2, 0.25) is 0 Å². The molecule has 2 nitrogen and oxygen atoms in total. The van der Waals surface area contributed by atoms with Crippen LogP contribution in [0.1, 0.15) is 54.0 Å². The Morgan fingerprint density at radius 1 is 1.16 bits per heavy atom. The Balaban J connectivity index is 1.83. The fourth-order valence-corrected chi connectivity index (χ4v) is 4.29. The molecule has 0 unspecified atom stereocenters. The van der Waals surface area contributed by atoms with E-state index in [4.69, 9.17) is 0 Å². The largest absolute Gasteiger partial charge is 0.387 e. The summed E-state index contributed by atoms with van der Waals surface area (Å²) in [6, 6.07) is 5.27. The van der Waals surface area contributed by atoms with Gasteiger partial charge in [0.05, 0.1) is 6.10 Å². The minimum Gasteiger partial charge on any atom is -0.387 e. The van der Waals surface area contributed by atoms with E-state index in [-0.39, 0.29) is 12.1 Å². The Kier molecular flexibility index (Phi) is 3.40. The van der Waals surface area contributed by atoms with E-state index in [2.05, 4.69) is 38.2 Å². The molecule has 104 valence electrons. The normalized spacial score (nSPS) is 31.5. The summed E-state index contributed by atoms with van der Waals surface area (Å²) >= 11 is 0. The number of fused-ring (bicyclic) bond motifs is 1. The van der Waals surface area contributed by atoms with Crippen LogP contribution >= 0.6 is 0 Å². The number of aliphatic hydroxyl groups excluding tert-OH is 1. The highest BCUT2D eigenvalue weighted by molar-refractivity contribution is 5.39. The van der Waals surface area contributed by atoms with Crippen LogP contribution in [0, 0.1) is 26.7 Å². The molecule has 3 rings (SSSR count). The van der Waals surface area contributed by atoms with Gasteiger partial charge in [0.1, 0.15) is 0 Å². The summed E-state index contributed by atoms with van der Waals surface area (Å²) in [5.74, 6) is 0.797. The van der Waals surface area contributed by atoms with Crippen molar-refractivity contribution in [2.24, 2.45) is 5.92 Å². The summed E-state index contributed by atoms with van der Waals surface area (Å²) in [5, 5.41) is 14.4. The lowest BCUT2D eigenvalue weighted by molar-refractivity contribution is 0.132. The molecule has 1 aromatic rings. The minimum absolute atomic E-state index is 0.246. The average molecular weight is 259 g/mol. The van der Waals surface area contributed by atoms with Crippen LogP contribution in [0.4, 0.5) is 0 Å². The van der Waals surface area contributed by atoms with Crippen LogP contribution in [0.25, 0.3) is 0 Å². The minimum atomic E-state index is -0.355. The van der Waals surface area contributed by atoms with Gasteiger partial charge < -0.3 is 10.4 Å². The summed E-state index contributed by atoms with van der Waals surface area (Å²) in [7, 11) is 0. The number of benzene rings is 1. The van der Waals surface area contributed by atoms with Crippen LogP contribution in [-0.4, -0.2) is 17.2 Å². The maximum absolute atomic E-state index is 10.8. The number of hydrogen-bond acceptors (Lipinski definition) is 2. The molecule has 2 fully saturated rings. The Morgan fingerprint density at radius 3 is 2.47 bits per heavy atom. The molecule has 2 heteroatoms. The third-order valence-electron chi connectivity index (χ3n) is 5.06. The van der Waals surface area contributed by atoms with E-state index in [0.717, 1.165) is 17.9 Å². The van der Waals surface area contributed by atoms with Crippen LogP contribution in [0.3, 0.4) is 0 Å². The Hall–Kier alpha value is -0.860. The zero-order valence-electron chi connectivity index (χ0n) is 12.2. The fraction of sp³-hybridized carbons (Fsp3) is 0.647. The first-order chi connectivity index (χ1) is 9.06. The van der Waals surface area contributed by atoms with Crippen molar-refractivity contribution in [2.75, 3.05) is 0 Å². The van der Waals surface area contributed by atoms with Crippen LogP contribution in [0.15, 0.2) is 12.1 Å². The Morgan fingerprint density at radius 2 is 1.84 bits per heavy atom. The first kappa shape index (κ1) is 13.1. The van der Waals surface area contributed by atoms with Crippen molar-refractivity contribution in [3.8, 4) is 0 Å². The molecule has 0 radical (unpaired) electrons. The molecule has 1 aromatic carbocycles. The van der Waals surface area contributed by atoms with Crippen molar-refractivity contribution in [2.45, 2.75) is 64.6 Å². The fourth-order valence-electron chi connectivity index (χ4n) is 4.29. The molecule has 0 spiro atoms. The smallest absolute Gasteiger partial charge is 0.0948 e. The molecule has 1 saturated heterocycles. The van der Waals surface area contributed by atoms with Gasteiger partial charge in [0, 0.05) is 12.1 Å². The molecule has 0 bridgehead atoms. The monoisotopic (exact) mass is 259 g/mol. The van der Waals surface area contributed by atoms with Gasteiger partial charge in [-0.1, -0.05) is 24.1 Å². The number of nitrogens with one attached hydrogen (secondary N) is 1. The predicted octanol–water partition coefficient (Wildman–Crippen LogP) is 3.18. The predicted molar refractivity (Wildman–Crippen MR) is 78.3 cm³/mol. The van der Waals surface area contributed by atoms with Crippen molar-refractivity contribution in [1.82, 2.24) is 5.32 Å². The van der Waals surface area contributed by atoms with E-state index < -0.39 is 0 Å². The van der Waals surface area contributed by atoms with Gasteiger partial charge in [-0.15, -0.1) is 0 Å². The average Bonchev–Trinajstić information content (AvgIpc) is 2.86. The van der Waals surface area contributed by atoms with Crippen LogP contribution < -0.4 is 5.32 Å². The van der Waals surface area contributed by atoms with Gasteiger partial charge in [-0.25, -0.2) is 0 Å².